The molecule has 1 atom stereocenters. The number of rotatable bonds is 8. The van der Waals surface area contributed by atoms with E-state index in [1.807, 2.05) is 0 Å². The SMILES string of the molecule is C=CCN1C(=O)C(CC(=O)Nc2cccc(OC)c2)S/C1=N\S(=O)(=O)c1ccc(F)cc1. The molecule has 0 saturated carbocycles. The Morgan fingerprint density at radius 1 is 1.31 bits per heavy atom. The van der Waals surface area contributed by atoms with Crippen molar-refractivity contribution in [3.05, 3.63) is 67.0 Å². The number of hydrogen-bond donors (Lipinski definition) is 1. The van der Waals surface area contributed by atoms with Crippen molar-refractivity contribution in [3.8, 4) is 5.75 Å². The Bertz CT molecular complexity index is 1170. The number of nitrogens with one attached hydrogen (secondary N) is 1. The minimum absolute atomic E-state index is 0.0254. The number of anilines is 1. The van der Waals surface area contributed by atoms with E-state index in [4.69, 9.17) is 4.74 Å². The number of thioether (sulfide) groups is 1. The molecule has 2 amide bonds. The van der Waals surface area contributed by atoms with Crippen LogP contribution in [-0.2, 0) is 19.6 Å². The summed E-state index contributed by atoms with van der Waals surface area (Å²) in [6.45, 7) is 3.60. The van der Waals surface area contributed by atoms with Crippen LogP contribution >= 0.6 is 11.8 Å². The molecule has 1 aliphatic heterocycles. The maximum Gasteiger partial charge on any atom is 0.284 e. The zero-order valence-corrected chi connectivity index (χ0v) is 18.7. The molecule has 0 aromatic heterocycles. The Hall–Kier alpha value is -3.18. The van der Waals surface area contributed by atoms with Gasteiger partial charge in [0.25, 0.3) is 10.0 Å². The van der Waals surface area contributed by atoms with E-state index in [0.717, 1.165) is 40.9 Å². The van der Waals surface area contributed by atoms with Crippen molar-refractivity contribution in [3.63, 3.8) is 0 Å². The molecule has 2 aromatic rings. The van der Waals surface area contributed by atoms with Crippen molar-refractivity contribution < 1.29 is 27.1 Å². The van der Waals surface area contributed by atoms with Crippen LogP contribution in [0.4, 0.5) is 10.1 Å². The van der Waals surface area contributed by atoms with Gasteiger partial charge in [-0.2, -0.15) is 8.42 Å². The van der Waals surface area contributed by atoms with Crippen molar-refractivity contribution in [2.45, 2.75) is 16.6 Å². The van der Waals surface area contributed by atoms with E-state index in [-0.39, 0.29) is 23.0 Å². The first kappa shape index (κ1) is 23.5. The summed E-state index contributed by atoms with van der Waals surface area (Å²) in [5.41, 5.74) is 0.500. The van der Waals surface area contributed by atoms with Crippen LogP contribution in [-0.4, -0.2) is 49.2 Å². The molecule has 1 saturated heterocycles. The summed E-state index contributed by atoms with van der Waals surface area (Å²) in [4.78, 5) is 26.2. The molecule has 32 heavy (non-hydrogen) atoms. The molecule has 0 aliphatic carbocycles. The maximum atomic E-state index is 13.1. The second kappa shape index (κ2) is 9.96. The first-order valence-corrected chi connectivity index (χ1v) is 11.7. The van der Waals surface area contributed by atoms with Crippen molar-refractivity contribution in [1.29, 1.82) is 0 Å². The molecular formula is C21H20FN3O5S2. The van der Waals surface area contributed by atoms with Crippen LogP contribution in [0.2, 0.25) is 0 Å². The summed E-state index contributed by atoms with van der Waals surface area (Å²) in [5.74, 6) is -0.904. The molecule has 1 unspecified atom stereocenters. The summed E-state index contributed by atoms with van der Waals surface area (Å²) in [7, 11) is -2.68. The average molecular weight is 478 g/mol. The van der Waals surface area contributed by atoms with E-state index in [1.165, 1.54) is 13.2 Å². The van der Waals surface area contributed by atoms with Gasteiger partial charge in [0, 0.05) is 24.7 Å². The number of hydrogen-bond acceptors (Lipinski definition) is 6. The van der Waals surface area contributed by atoms with Crippen molar-refractivity contribution in [2.24, 2.45) is 4.40 Å². The molecule has 1 N–H and O–H groups in total. The number of methoxy groups -OCH3 is 1. The fourth-order valence-electron chi connectivity index (χ4n) is 2.85. The lowest BCUT2D eigenvalue weighted by Crippen LogP contribution is -2.33. The van der Waals surface area contributed by atoms with Crippen molar-refractivity contribution in [2.75, 3.05) is 19.0 Å². The Balaban J connectivity index is 1.78. The van der Waals surface area contributed by atoms with Gasteiger partial charge in [0.15, 0.2) is 5.17 Å². The van der Waals surface area contributed by atoms with Gasteiger partial charge < -0.3 is 10.1 Å². The Labute approximate surface area is 189 Å². The predicted molar refractivity (Wildman–Crippen MR) is 121 cm³/mol. The van der Waals surface area contributed by atoms with Gasteiger partial charge in [-0.3, -0.25) is 14.5 Å². The summed E-state index contributed by atoms with van der Waals surface area (Å²) >= 11 is 0.878. The Kier molecular flexibility index (Phi) is 7.31. The zero-order valence-electron chi connectivity index (χ0n) is 17.0. The second-order valence-corrected chi connectivity index (χ2v) is 9.41. The van der Waals surface area contributed by atoms with E-state index in [9.17, 15) is 22.4 Å². The Morgan fingerprint density at radius 2 is 2.03 bits per heavy atom. The lowest BCUT2D eigenvalue weighted by molar-refractivity contribution is -0.127. The highest BCUT2D eigenvalue weighted by Crippen LogP contribution is 2.31. The van der Waals surface area contributed by atoms with Crippen LogP contribution in [0.25, 0.3) is 0 Å². The Morgan fingerprint density at radius 3 is 2.69 bits per heavy atom. The smallest absolute Gasteiger partial charge is 0.284 e. The van der Waals surface area contributed by atoms with Crippen LogP contribution in [0.5, 0.6) is 5.75 Å². The molecule has 0 bridgehead atoms. The largest absolute Gasteiger partial charge is 0.497 e. The second-order valence-electron chi connectivity index (χ2n) is 6.63. The van der Waals surface area contributed by atoms with Gasteiger partial charge in [-0.05, 0) is 36.4 Å². The standard InChI is InChI=1S/C21H20FN3O5S2/c1-3-11-25-20(27)18(13-19(26)23-15-5-4-6-16(12-15)30-2)31-21(25)24-32(28,29)17-9-7-14(22)8-10-17/h3-10,12,18H,1,11,13H2,2H3,(H,23,26)/b24-21-. The van der Waals surface area contributed by atoms with Gasteiger partial charge >= 0.3 is 0 Å². The normalized spacial score (nSPS) is 17.4. The van der Waals surface area contributed by atoms with Gasteiger partial charge in [-0.15, -0.1) is 11.0 Å². The minimum Gasteiger partial charge on any atom is -0.497 e. The topological polar surface area (TPSA) is 105 Å². The molecule has 1 heterocycles. The zero-order chi connectivity index (χ0) is 23.3. The van der Waals surface area contributed by atoms with Crippen LogP contribution in [0.1, 0.15) is 6.42 Å². The molecule has 1 fully saturated rings. The van der Waals surface area contributed by atoms with Crippen LogP contribution < -0.4 is 10.1 Å². The highest BCUT2D eigenvalue weighted by molar-refractivity contribution is 8.16. The van der Waals surface area contributed by atoms with Crippen LogP contribution in [0, 0.1) is 5.82 Å². The molecule has 2 aromatic carbocycles. The number of carbonyl (C=O) groups excluding carboxylic acids is 2. The number of ether oxygens (including phenoxy) is 1. The van der Waals surface area contributed by atoms with Crippen LogP contribution in [0.3, 0.4) is 0 Å². The third kappa shape index (κ3) is 5.54. The van der Waals surface area contributed by atoms with Gasteiger partial charge in [0.05, 0.1) is 12.0 Å². The van der Waals surface area contributed by atoms with Gasteiger partial charge in [-0.25, -0.2) is 4.39 Å². The summed E-state index contributed by atoms with van der Waals surface area (Å²) < 4.78 is 47.2. The molecule has 0 spiro atoms. The molecule has 168 valence electrons. The molecule has 3 rings (SSSR count). The average Bonchev–Trinajstić information content (AvgIpc) is 3.02. The molecule has 8 nitrogen and oxygen atoms in total. The van der Waals surface area contributed by atoms with Gasteiger partial charge in [-0.1, -0.05) is 23.9 Å². The number of halogens is 1. The lowest BCUT2D eigenvalue weighted by atomic mass is 10.2. The number of carbonyl (C=O) groups is 2. The number of amidine groups is 1. The van der Waals surface area contributed by atoms with Crippen LogP contribution in [0.15, 0.2) is 70.5 Å². The maximum absolute atomic E-state index is 13.1. The van der Waals surface area contributed by atoms with E-state index < -0.39 is 32.9 Å². The number of amides is 2. The monoisotopic (exact) mass is 477 g/mol. The van der Waals surface area contributed by atoms with E-state index in [2.05, 4.69) is 16.3 Å². The highest BCUT2D eigenvalue weighted by Gasteiger charge is 2.39. The summed E-state index contributed by atoms with van der Waals surface area (Å²) in [6, 6.07) is 10.9. The third-order valence-electron chi connectivity index (χ3n) is 4.37. The van der Waals surface area contributed by atoms with E-state index in [1.54, 1.807) is 24.3 Å². The molecule has 11 heteroatoms. The number of benzene rings is 2. The summed E-state index contributed by atoms with van der Waals surface area (Å²) in [5, 5.41) is 1.76. The van der Waals surface area contributed by atoms with Crippen molar-refractivity contribution >= 4 is 44.5 Å². The fourth-order valence-corrected chi connectivity index (χ4v) is 5.21. The predicted octanol–water partition coefficient (Wildman–Crippen LogP) is 3.04. The van der Waals surface area contributed by atoms with E-state index in [0.29, 0.717) is 11.4 Å². The van der Waals surface area contributed by atoms with Gasteiger partial charge in [0.2, 0.25) is 11.8 Å². The summed E-state index contributed by atoms with van der Waals surface area (Å²) in [6.07, 6.45) is 1.24. The quantitative estimate of drug-likeness (QED) is 0.586. The fraction of sp³-hybridized carbons (Fsp3) is 0.190. The minimum atomic E-state index is -4.19. The van der Waals surface area contributed by atoms with E-state index >= 15 is 0 Å². The van der Waals surface area contributed by atoms with Gasteiger partial charge in [0.1, 0.15) is 16.8 Å². The molecular weight excluding hydrogens is 457 g/mol. The highest BCUT2D eigenvalue weighted by atomic mass is 32.2. The number of sulfonamides is 1. The van der Waals surface area contributed by atoms with Crippen molar-refractivity contribution in [1.82, 2.24) is 4.90 Å². The first-order chi connectivity index (χ1) is 15.2. The lowest BCUT2D eigenvalue weighted by Gasteiger charge is -2.13. The first-order valence-electron chi connectivity index (χ1n) is 9.37. The molecule has 1 aliphatic rings. The molecule has 0 radical (unpaired) electrons. The number of nitrogens with zero attached hydrogens (tertiary/aromatic N) is 2. The third-order valence-corrected chi connectivity index (χ3v) is 6.94.